The first-order valence-electron chi connectivity index (χ1n) is 8.30. The molecule has 0 atom stereocenters. The predicted octanol–water partition coefficient (Wildman–Crippen LogP) is 3.33. The molecule has 4 nitrogen and oxygen atoms in total. The van der Waals surface area contributed by atoms with E-state index in [9.17, 15) is 19.1 Å². The SMILES string of the molecule is O=C(NC1(C(=O)O)Cc2ccccc2C1)c1ccc(F)c2ccccc12. The van der Waals surface area contributed by atoms with Crippen LogP contribution in [0.25, 0.3) is 10.8 Å². The fourth-order valence-electron chi connectivity index (χ4n) is 3.65. The van der Waals surface area contributed by atoms with Gasteiger partial charge in [0.05, 0.1) is 0 Å². The van der Waals surface area contributed by atoms with Crippen LogP contribution in [0, 0.1) is 5.82 Å². The van der Waals surface area contributed by atoms with E-state index in [2.05, 4.69) is 5.32 Å². The number of carboxylic acid groups (broad SMARTS) is 1. The van der Waals surface area contributed by atoms with Crippen molar-refractivity contribution in [2.24, 2.45) is 0 Å². The van der Waals surface area contributed by atoms with Crippen molar-refractivity contribution in [1.82, 2.24) is 5.32 Å². The van der Waals surface area contributed by atoms with Gasteiger partial charge in [0.2, 0.25) is 0 Å². The highest BCUT2D eigenvalue weighted by atomic mass is 19.1. The molecule has 0 saturated carbocycles. The van der Waals surface area contributed by atoms with E-state index in [-0.39, 0.29) is 18.4 Å². The zero-order valence-electron chi connectivity index (χ0n) is 13.8. The van der Waals surface area contributed by atoms with Gasteiger partial charge in [-0.1, -0.05) is 48.5 Å². The molecule has 0 aromatic heterocycles. The normalized spacial score (nSPS) is 14.8. The zero-order valence-corrected chi connectivity index (χ0v) is 13.8. The largest absolute Gasteiger partial charge is 0.479 e. The minimum Gasteiger partial charge on any atom is -0.479 e. The Morgan fingerprint density at radius 1 is 0.885 bits per heavy atom. The highest BCUT2D eigenvalue weighted by Crippen LogP contribution is 2.31. The second-order valence-electron chi connectivity index (χ2n) is 6.60. The summed E-state index contributed by atoms with van der Waals surface area (Å²) in [6.07, 6.45) is 0.451. The molecule has 0 fully saturated rings. The van der Waals surface area contributed by atoms with Crippen molar-refractivity contribution in [2.45, 2.75) is 18.4 Å². The molecule has 0 spiro atoms. The molecule has 0 saturated heterocycles. The molecule has 0 bridgehead atoms. The van der Waals surface area contributed by atoms with Gasteiger partial charge in [-0.3, -0.25) is 4.79 Å². The third-order valence-electron chi connectivity index (χ3n) is 4.98. The quantitative estimate of drug-likeness (QED) is 0.762. The minimum absolute atomic E-state index is 0.226. The maximum atomic E-state index is 14.0. The van der Waals surface area contributed by atoms with Gasteiger partial charge in [0.15, 0.2) is 0 Å². The van der Waals surface area contributed by atoms with Crippen molar-refractivity contribution < 1.29 is 19.1 Å². The molecule has 4 rings (SSSR count). The summed E-state index contributed by atoms with van der Waals surface area (Å²) in [5.74, 6) is -2.01. The molecular weight excluding hydrogens is 333 g/mol. The molecule has 0 heterocycles. The van der Waals surface area contributed by atoms with E-state index in [4.69, 9.17) is 0 Å². The molecule has 5 heteroatoms. The Hall–Kier alpha value is -3.21. The molecule has 0 aliphatic heterocycles. The first-order chi connectivity index (χ1) is 12.5. The fraction of sp³-hybridized carbons (Fsp3) is 0.143. The van der Waals surface area contributed by atoms with Crippen LogP contribution in [0.15, 0.2) is 60.7 Å². The van der Waals surface area contributed by atoms with Gasteiger partial charge in [0.1, 0.15) is 11.4 Å². The number of aliphatic carboxylic acids is 1. The van der Waals surface area contributed by atoms with Crippen molar-refractivity contribution >= 4 is 22.6 Å². The van der Waals surface area contributed by atoms with Crippen LogP contribution in [0.3, 0.4) is 0 Å². The van der Waals surface area contributed by atoms with Crippen molar-refractivity contribution in [1.29, 1.82) is 0 Å². The number of rotatable bonds is 3. The molecule has 0 unspecified atom stereocenters. The molecule has 0 radical (unpaired) electrons. The molecule has 26 heavy (non-hydrogen) atoms. The monoisotopic (exact) mass is 349 g/mol. The topological polar surface area (TPSA) is 66.4 Å². The number of carboxylic acids is 1. The van der Waals surface area contributed by atoms with Gasteiger partial charge in [-0.25, -0.2) is 9.18 Å². The Morgan fingerprint density at radius 2 is 1.46 bits per heavy atom. The Kier molecular flexibility index (Phi) is 3.72. The summed E-state index contributed by atoms with van der Waals surface area (Å²) in [4.78, 5) is 24.9. The predicted molar refractivity (Wildman–Crippen MR) is 95.6 cm³/mol. The lowest BCUT2D eigenvalue weighted by Gasteiger charge is -2.26. The summed E-state index contributed by atoms with van der Waals surface area (Å²) in [5, 5.41) is 13.3. The average molecular weight is 349 g/mol. The number of carbonyl (C=O) groups is 2. The van der Waals surface area contributed by atoms with Gasteiger partial charge in [0.25, 0.3) is 5.91 Å². The lowest BCUT2D eigenvalue weighted by atomic mass is 9.94. The number of hydrogen-bond donors (Lipinski definition) is 2. The molecule has 3 aromatic rings. The van der Waals surface area contributed by atoms with Crippen molar-refractivity contribution in [3.05, 3.63) is 83.2 Å². The van der Waals surface area contributed by atoms with E-state index in [1.54, 1.807) is 24.3 Å². The van der Waals surface area contributed by atoms with Crippen molar-refractivity contribution in [2.75, 3.05) is 0 Å². The summed E-state index contributed by atoms with van der Waals surface area (Å²) in [6.45, 7) is 0. The molecule has 2 N–H and O–H groups in total. The van der Waals surface area contributed by atoms with E-state index >= 15 is 0 Å². The van der Waals surface area contributed by atoms with Crippen LogP contribution in [0.5, 0.6) is 0 Å². The summed E-state index contributed by atoms with van der Waals surface area (Å²) in [6, 6.07) is 16.7. The Morgan fingerprint density at radius 3 is 2.08 bits per heavy atom. The van der Waals surface area contributed by atoms with Gasteiger partial charge < -0.3 is 10.4 Å². The fourth-order valence-corrected chi connectivity index (χ4v) is 3.65. The third-order valence-corrected chi connectivity index (χ3v) is 4.98. The Bertz CT molecular complexity index is 1020. The average Bonchev–Trinajstić information content (AvgIpc) is 3.01. The van der Waals surface area contributed by atoms with Crippen LogP contribution in [0.4, 0.5) is 4.39 Å². The maximum Gasteiger partial charge on any atom is 0.330 e. The molecule has 1 amide bonds. The smallest absolute Gasteiger partial charge is 0.330 e. The first kappa shape index (κ1) is 16.3. The lowest BCUT2D eigenvalue weighted by Crippen LogP contribution is -2.55. The minimum atomic E-state index is -1.39. The number of amides is 1. The van der Waals surface area contributed by atoms with E-state index in [1.807, 2.05) is 24.3 Å². The van der Waals surface area contributed by atoms with E-state index in [0.717, 1.165) is 11.1 Å². The van der Waals surface area contributed by atoms with Gasteiger partial charge in [-0.05, 0) is 28.6 Å². The highest BCUT2D eigenvalue weighted by Gasteiger charge is 2.45. The van der Waals surface area contributed by atoms with E-state index < -0.39 is 23.2 Å². The molecule has 1 aliphatic rings. The Balaban J connectivity index is 1.72. The summed E-state index contributed by atoms with van der Waals surface area (Å²) < 4.78 is 14.0. The van der Waals surface area contributed by atoms with Crippen LogP contribution in [-0.2, 0) is 17.6 Å². The number of hydrogen-bond acceptors (Lipinski definition) is 2. The van der Waals surface area contributed by atoms with Crippen molar-refractivity contribution in [3.8, 4) is 0 Å². The lowest BCUT2D eigenvalue weighted by molar-refractivity contribution is -0.144. The Labute approximate surface area is 149 Å². The molecule has 3 aromatic carbocycles. The van der Waals surface area contributed by atoms with E-state index in [0.29, 0.717) is 10.8 Å². The summed E-state index contributed by atoms with van der Waals surface area (Å²) >= 11 is 0. The summed E-state index contributed by atoms with van der Waals surface area (Å²) in [7, 11) is 0. The van der Waals surface area contributed by atoms with Crippen LogP contribution in [0.1, 0.15) is 21.5 Å². The first-order valence-corrected chi connectivity index (χ1v) is 8.30. The molecule has 1 aliphatic carbocycles. The van der Waals surface area contributed by atoms with Gasteiger partial charge in [-0.2, -0.15) is 0 Å². The van der Waals surface area contributed by atoms with Gasteiger partial charge in [0, 0.05) is 23.8 Å². The number of halogens is 1. The highest BCUT2D eigenvalue weighted by molar-refractivity contribution is 6.08. The number of nitrogens with one attached hydrogen (secondary N) is 1. The summed E-state index contributed by atoms with van der Waals surface area (Å²) in [5.41, 5.74) is 0.702. The van der Waals surface area contributed by atoms with Crippen LogP contribution in [-0.4, -0.2) is 22.5 Å². The van der Waals surface area contributed by atoms with Gasteiger partial charge in [-0.15, -0.1) is 0 Å². The van der Waals surface area contributed by atoms with E-state index in [1.165, 1.54) is 12.1 Å². The molecular formula is C21H16FNO3. The third kappa shape index (κ3) is 2.52. The van der Waals surface area contributed by atoms with Crippen LogP contribution >= 0.6 is 0 Å². The number of carbonyl (C=O) groups excluding carboxylic acids is 1. The number of benzene rings is 3. The van der Waals surface area contributed by atoms with Gasteiger partial charge >= 0.3 is 5.97 Å². The van der Waals surface area contributed by atoms with Crippen LogP contribution < -0.4 is 5.32 Å². The zero-order chi connectivity index (χ0) is 18.3. The number of fused-ring (bicyclic) bond motifs is 2. The maximum absolute atomic E-state index is 14.0. The standard InChI is InChI=1S/C21H16FNO3/c22-18-10-9-17(15-7-3-4-8-16(15)18)19(24)23-21(20(25)26)11-13-5-1-2-6-14(13)12-21/h1-10H,11-12H2,(H,23,24)(H,25,26). The molecule has 130 valence electrons. The van der Waals surface area contributed by atoms with Crippen LogP contribution in [0.2, 0.25) is 0 Å². The van der Waals surface area contributed by atoms with Crippen molar-refractivity contribution in [3.63, 3.8) is 0 Å². The second kappa shape index (κ2) is 5.95. The second-order valence-corrected chi connectivity index (χ2v) is 6.60.